The molecule has 0 aliphatic heterocycles. The summed E-state index contributed by atoms with van der Waals surface area (Å²) in [7, 11) is 3.42. The molecule has 5 rings (SSSR count). The molecule has 0 atom stereocenters. The molecule has 2 nitrogen and oxygen atoms in total. The fourth-order valence-electron chi connectivity index (χ4n) is 5.37. The molecular formula is C35H37Br2O2Zr. The Kier molecular flexibility index (Phi) is 9.91. The third kappa shape index (κ3) is 6.69. The van der Waals surface area contributed by atoms with E-state index in [0.29, 0.717) is 0 Å². The minimum atomic E-state index is -0.145. The van der Waals surface area contributed by atoms with Gasteiger partial charge >= 0.3 is 43.0 Å². The van der Waals surface area contributed by atoms with E-state index in [1.165, 1.54) is 55.6 Å². The summed E-state index contributed by atoms with van der Waals surface area (Å²) in [4.78, 5) is 0. The summed E-state index contributed by atoms with van der Waals surface area (Å²) in [6.07, 6.45) is 2.35. The molecule has 4 aromatic rings. The van der Waals surface area contributed by atoms with E-state index in [9.17, 15) is 0 Å². The van der Waals surface area contributed by atoms with Gasteiger partial charge in [0.05, 0.1) is 14.2 Å². The van der Waals surface area contributed by atoms with E-state index >= 15 is 0 Å². The maximum absolute atomic E-state index is 5.40. The van der Waals surface area contributed by atoms with E-state index in [1.807, 2.05) is 24.3 Å². The first kappa shape index (κ1) is 31.3. The van der Waals surface area contributed by atoms with Crippen LogP contribution in [0.25, 0.3) is 33.4 Å². The second-order valence-corrected chi connectivity index (χ2v) is 23.5. The van der Waals surface area contributed by atoms with Crippen molar-refractivity contribution in [1.29, 1.82) is 0 Å². The van der Waals surface area contributed by atoms with Crippen LogP contribution in [0.1, 0.15) is 63.8 Å². The van der Waals surface area contributed by atoms with Crippen LogP contribution in [0, 0.1) is 6.42 Å². The van der Waals surface area contributed by atoms with Gasteiger partial charge in [-0.2, -0.15) is 0 Å². The zero-order valence-corrected chi connectivity index (χ0v) is 30.2. The molecule has 1 radical (unpaired) electrons. The molecular weight excluding hydrogens is 703 g/mol. The number of methoxy groups -OCH3 is 2. The van der Waals surface area contributed by atoms with Crippen LogP contribution in [0.5, 0.6) is 11.5 Å². The normalized spacial score (nSPS) is 12.2. The van der Waals surface area contributed by atoms with E-state index in [0.717, 1.165) is 11.5 Å². The van der Waals surface area contributed by atoms with Crippen molar-refractivity contribution in [1.82, 2.24) is 0 Å². The fourth-order valence-corrected chi connectivity index (χ4v) is 5.37. The van der Waals surface area contributed by atoms with E-state index in [1.54, 1.807) is 14.2 Å². The molecule has 0 N–H and O–H groups in total. The third-order valence-corrected chi connectivity index (χ3v) is 7.40. The van der Waals surface area contributed by atoms with Gasteiger partial charge in [-0.25, -0.2) is 0 Å². The Hall–Kier alpha value is -1.68. The summed E-state index contributed by atoms with van der Waals surface area (Å²) >= 11 is 6.32. The molecule has 1 aliphatic rings. The summed E-state index contributed by atoms with van der Waals surface area (Å²) in [5, 5.41) is 0. The molecule has 0 fully saturated rings. The molecule has 0 saturated carbocycles. The Balaban J connectivity index is 0.00000118. The van der Waals surface area contributed by atoms with Gasteiger partial charge in [0.25, 0.3) is 0 Å². The molecule has 0 unspecified atom stereocenters. The van der Waals surface area contributed by atoms with Gasteiger partial charge in [0, 0.05) is 6.42 Å². The van der Waals surface area contributed by atoms with E-state index < -0.39 is 0 Å². The van der Waals surface area contributed by atoms with Crippen LogP contribution >= 0.6 is 24.4 Å². The summed E-state index contributed by atoms with van der Waals surface area (Å²) in [5.41, 5.74) is 12.9. The summed E-state index contributed by atoms with van der Waals surface area (Å²) < 4.78 is 10.8. The van der Waals surface area contributed by atoms with E-state index in [-0.39, 0.29) is 29.4 Å². The standard InChI is InChI=1S/C35H37O2.2BrH.Zr/c1-34(2,3)32-20-28-24(18-30(32)22-9-13-26(36-7)14-10-22)17-25-19-31(23-11-15-27(37-8)16-12-23)33(21-29(25)28)35(4,5)6;;;/h9-21H,1-8H3;2*1H;/q;;;+2/p-2. The predicted octanol–water partition coefficient (Wildman–Crippen LogP) is 10.9. The van der Waals surface area contributed by atoms with Gasteiger partial charge in [-0.15, -0.1) is 0 Å². The molecule has 207 valence electrons. The van der Waals surface area contributed by atoms with Crippen LogP contribution in [-0.2, 0) is 29.4 Å². The first-order chi connectivity index (χ1) is 18.9. The molecule has 0 amide bonds. The van der Waals surface area contributed by atoms with Crippen molar-refractivity contribution in [2.24, 2.45) is 0 Å². The average molecular weight is 741 g/mol. The quantitative estimate of drug-likeness (QED) is 0.183. The molecule has 4 aromatic carbocycles. The van der Waals surface area contributed by atoms with Gasteiger partial charge in [0.2, 0.25) is 0 Å². The number of rotatable bonds is 4. The number of benzene rings is 4. The van der Waals surface area contributed by atoms with Gasteiger partial charge in [0.1, 0.15) is 11.5 Å². The van der Waals surface area contributed by atoms with Crippen LogP contribution in [0.15, 0.2) is 72.8 Å². The van der Waals surface area contributed by atoms with Gasteiger partial charge < -0.3 is 9.47 Å². The van der Waals surface area contributed by atoms with Crippen molar-refractivity contribution in [2.45, 2.75) is 52.4 Å². The summed E-state index contributed by atoms with van der Waals surface area (Å²) in [6, 6.07) is 26.4. The second-order valence-electron chi connectivity index (χ2n) is 12.1. The van der Waals surface area contributed by atoms with Gasteiger partial charge in [0.15, 0.2) is 0 Å². The predicted molar refractivity (Wildman–Crippen MR) is 174 cm³/mol. The van der Waals surface area contributed by atoms with E-state index in [2.05, 4.69) is 121 Å². The molecule has 0 bridgehead atoms. The molecule has 0 aromatic heterocycles. The monoisotopic (exact) mass is 737 g/mol. The van der Waals surface area contributed by atoms with Crippen LogP contribution in [0.2, 0.25) is 0 Å². The zero-order chi connectivity index (χ0) is 29.2. The summed E-state index contributed by atoms with van der Waals surface area (Å²) in [6.45, 7) is 13.8. The third-order valence-electron chi connectivity index (χ3n) is 7.40. The number of fused-ring (bicyclic) bond motifs is 3. The maximum atomic E-state index is 5.40. The van der Waals surface area contributed by atoms with Crippen molar-refractivity contribution in [3.8, 4) is 44.9 Å². The Labute approximate surface area is 263 Å². The van der Waals surface area contributed by atoms with Gasteiger partial charge in [-0.3, -0.25) is 0 Å². The number of halogens is 2. The molecule has 5 heteroatoms. The fraction of sp³-hybridized carbons (Fsp3) is 0.286. The van der Waals surface area contributed by atoms with Crippen molar-refractivity contribution < 1.29 is 28.0 Å². The van der Waals surface area contributed by atoms with Gasteiger partial charge in [-0.05, 0) is 115 Å². The summed E-state index contributed by atoms with van der Waals surface area (Å²) in [5.74, 6) is 1.75. The Morgan fingerprint density at radius 1 is 0.525 bits per heavy atom. The average Bonchev–Trinajstić information content (AvgIpc) is 3.28. The number of hydrogen-bond donors (Lipinski definition) is 0. The molecule has 0 spiro atoms. The number of ether oxygens (including phenoxy) is 2. The Morgan fingerprint density at radius 3 is 1.12 bits per heavy atom. The zero-order valence-electron chi connectivity index (χ0n) is 24.6. The van der Waals surface area contributed by atoms with Crippen LogP contribution in [-0.4, -0.2) is 14.2 Å². The molecule has 0 heterocycles. The first-order valence-corrected chi connectivity index (χ1v) is 24.6. The van der Waals surface area contributed by atoms with Crippen molar-refractivity contribution in [2.75, 3.05) is 14.2 Å². The van der Waals surface area contributed by atoms with Crippen molar-refractivity contribution in [3.63, 3.8) is 0 Å². The van der Waals surface area contributed by atoms with Gasteiger partial charge in [-0.1, -0.05) is 65.8 Å². The van der Waals surface area contributed by atoms with Crippen molar-refractivity contribution in [3.05, 3.63) is 101 Å². The van der Waals surface area contributed by atoms with Crippen molar-refractivity contribution >= 4 is 24.4 Å². The van der Waals surface area contributed by atoms with E-state index in [4.69, 9.17) is 9.47 Å². The number of hydrogen-bond acceptors (Lipinski definition) is 2. The minimum absolute atomic E-state index is 0.00291. The second kappa shape index (κ2) is 12.7. The SMILES string of the molecule is COc1ccc(-c2cc3c(cc2C(C)(C)C)-c2cc(C(C)(C)C)c(-c4ccc(OC)cc4)cc2[CH]3)cc1.[Br][Zr][Br]. The Bertz CT molecular complexity index is 1370. The Morgan fingerprint density at radius 2 is 0.850 bits per heavy atom. The molecule has 1 aliphatic carbocycles. The van der Waals surface area contributed by atoms with Crippen LogP contribution < -0.4 is 9.47 Å². The molecule has 40 heavy (non-hydrogen) atoms. The molecule has 0 saturated heterocycles. The van der Waals surface area contributed by atoms with Crippen LogP contribution in [0.3, 0.4) is 0 Å². The van der Waals surface area contributed by atoms with Crippen LogP contribution in [0.4, 0.5) is 0 Å². The topological polar surface area (TPSA) is 18.5 Å². The first-order valence-electron chi connectivity index (χ1n) is 13.4.